The van der Waals surface area contributed by atoms with Gasteiger partial charge < -0.3 is 25.2 Å². The number of hydrogen-bond donors (Lipinski definition) is 3. The van der Waals surface area contributed by atoms with Gasteiger partial charge in [-0.05, 0) is 48.0 Å². The number of hydrogen-bond acceptors (Lipinski definition) is 5. The van der Waals surface area contributed by atoms with Crippen LogP contribution >= 0.6 is 0 Å². The van der Waals surface area contributed by atoms with Crippen molar-refractivity contribution in [3.63, 3.8) is 0 Å². The van der Waals surface area contributed by atoms with Gasteiger partial charge in [0.25, 0.3) is 11.8 Å². The molecule has 0 fully saturated rings. The van der Waals surface area contributed by atoms with Crippen LogP contribution in [-0.4, -0.2) is 49.5 Å². The molecule has 184 valence electrons. The molecule has 2 amide bonds. The molecule has 3 N–H and O–H groups in total. The molecular formula is C22H21F5N2O5. The van der Waals surface area contributed by atoms with Gasteiger partial charge in [0, 0.05) is 12.1 Å². The summed E-state index contributed by atoms with van der Waals surface area (Å²) in [7, 11) is 0. The molecule has 0 aliphatic carbocycles. The molecule has 2 rings (SSSR count). The van der Waals surface area contributed by atoms with Gasteiger partial charge in [-0.1, -0.05) is 12.1 Å². The number of nitrogens with one attached hydrogen (secondary N) is 2. The van der Waals surface area contributed by atoms with Gasteiger partial charge in [0.15, 0.2) is 0 Å². The molecule has 0 heterocycles. The van der Waals surface area contributed by atoms with Crippen LogP contribution in [0.1, 0.15) is 22.3 Å². The molecule has 7 nitrogen and oxygen atoms in total. The fourth-order valence-electron chi connectivity index (χ4n) is 2.52. The van der Waals surface area contributed by atoms with Crippen molar-refractivity contribution >= 4 is 17.9 Å². The van der Waals surface area contributed by atoms with E-state index in [9.17, 15) is 31.5 Å². The number of aliphatic hydroxyl groups is 1. The summed E-state index contributed by atoms with van der Waals surface area (Å²) in [6.45, 7) is -4.00. The van der Waals surface area contributed by atoms with Gasteiger partial charge in [0.05, 0.1) is 19.6 Å². The Hall–Kier alpha value is -3.67. The average molecular weight is 488 g/mol. The first-order chi connectivity index (χ1) is 16.1. The number of alkyl halides is 5. The van der Waals surface area contributed by atoms with Crippen LogP contribution in [0.5, 0.6) is 11.5 Å². The van der Waals surface area contributed by atoms with E-state index in [1.54, 1.807) is 0 Å². The standard InChI is InChI=1S/C22H21F5N2O5/c23-21(24)34-17-5-1-14(2-6-17)13-18(20(32)28-10-11-30)29-19(31)15-3-7-16(8-4-15)33-12-9-22(25,26)27/h1-8,13,21,30H,9-12H2,(H,28,32)(H,29,31)/b18-13-. The Kier molecular flexibility index (Phi) is 9.80. The van der Waals surface area contributed by atoms with Crippen molar-refractivity contribution < 1.29 is 46.1 Å². The van der Waals surface area contributed by atoms with Crippen molar-refractivity contribution in [1.82, 2.24) is 10.6 Å². The Morgan fingerprint density at radius 3 is 2.18 bits per heavy atom. The lowest BCUT2D eigenvalue weighted by atomic mass is 10.1. The second-order valence-electron chi connectivity index (χ2n) is 6.68. The molecule has 0 spiro atoms. The molecule has 0 atom stereocenters. The predicted molar refractivity (Wildman–Crippen MR) is 111 cm³/mol. The third kappa shape index (κ3) is 9.45. The van der Waals surface area contributed by atoms with E-state index in [4.69, 9.17) is 9.84 Å². The number of carbonyl (C=O) groups excluding carboxylic acids is 2. The van der Waals surface area contributed by atoms with Gasteiger partial charge in [-0.2, -0.15) is 22.0 Å². The summed E-state index contributed by atoms with van der Waals surface area (Å²) in [5.41, 5.74) is 0.265. The third-order valence-electron chi connectivity index (χ3n) is 4.08. The van der Waals surface area contributed by atoms with Gasteiger partial charge in [-0.25, -0.2) is 0 Å². The summed E-state index contributed by atoms with van der Waals surface area (Å²) < 4.78 is 70.4. The Morgan fingerprint density at radius 2 is 1.62 bits per heavy atom. The molecule has 0 unspecified atom stereocenters. The lowest BCUT2D eigenvalue weighted by Crippen LogP contribution is -2.36. The number of amides is 2. The fraction of sp³-hybridized carbons (Fsp3) is 0.273. The summed E-state index contributed by atoms with van der Waals surface area (Å²) in [6.07, 6.45) is -4.19. The zero-order chi connectivity index (χ0) is 25.1. The molecule has 12 heteroatoms. The second kappa shape index (κ2) is 12.5. The first kappa shape index (κ1) is 26.6. The Balaban J connectivity index is 2.12. The van der Waals surface area contributed by atoms with E-state index in [0.717, 1.165) is 0 Å². The van der Waals surface area contributed by atoms with Crippen LogP contribution in [-0.2, 0) is 4.79 Å². The molecule has 2 aromatic rings. The smallest absolute Gasteiger partial charge is 0.392 e. The monoisotopic (exact) mass is 488 g/mol. The molecule has 0 saturated carbocycles. The third-order valence-corrected chi connectivity index (χ3v) is 4.08. The van der Waals surface area contributed by atoms with E-state index in [1.165, 1.54) is 54.6 Å². The highest BCUT2D eigenvalue weighted by Crippen LogP contribution is 2.21. The highest BCUT2D eigenvalue weighted by Gasteiger charge is 2.26. The summed E-state index contributed by atoms with van der Waals surface area (Å²) in [5.74, 6) is -1.39. The topological polar surface area (TPSA) is 96.9 Å². The number of rotatable bonds is 11. The average Bonchev–Trinajstić information content (AvgIpc) is 2.77. The van der Waals surface area contributed by atoms with Gasteiger partial charge in [0.2, 0.25) is 0 Å². The van der Waals surface area contributed by atoms with E-state index < -0.39 is 37.6 Å². The van der Waals surface area contributed by atoms with Gasteiger partial charge in [0.1, 0.15) is 17.2 Å². The van der Waals surface area contributed by atoms with E-state index in [0.29, 0.717) is 5.56 Å². The Morgan fingerprint density at radius 1 is 1.00 bits per heavy atom. The number of ether oxygens (including phenoxy) is 2. The molecule has 0 aliphatic heterocycles. The Labute approximate surface area is 191 Å². The van der Waals surface area contributed by atoms with Crippen LogP contribution in [0.4, 0.5) is 22.0 Å². The molecule has 34 heavy (non-hydrogen) atoms. The first-order valence-corrected chi connectivity index (χ1v) is 9.84. The molecule has 2 aromatic carbocycles. The van der Waals surface area contributed by atoms with Gasteiger partial charge in [-0.3, -0.25) is 9.59 Å². The van der Waals surface area contributed by atoms with Crippen LogP contribution < -0.4 is 20.1 Å². The maximum absolute atomic E-state index is 12.6. The van der Waals surface area contributed by atoms with E-state index in [2.05, 4.69) is 15.4 Å². The highest BCUT2D eigenvalue weighted by molar-refractivity contribution is 6.05. The van der Waals surface area contributed by atoms with Crippen LogP contribution in [0, 0.1) is 0 Å². The van der Waals surface area contributed by atoms with Crippen molar-refractivity contribution in [3.05, 3.63) is 65.4 Å². The summed E-state index contributed by atoms with van der Waals surface area (Å²) in [4.78, 5) is 25.0. The normalized spacial score (nSPS) is 11.8. The van der Waals surface area contributed by atoms with Crippen LogP contribution in [0.3, 0.4) is 0 Å². The van der Waals surface area contributed by atoms with Crippen molar-refractivity contribution in [2.75, 3.05) is 19.8 Å². The number of aliphatic hydroxyl groups excluding tert-OH is 1. The number of carbonyl (C=O) groups is 2. The van der Waals surface area contributed by atoms with E-state index in [-0.39, 0.29) is 35.9 Å². The molecule has 0 bridgehead atoms. The number of benzene rings is 2. The van der Waals surface area contributed by atoms with Crippen LogP contribution in [0.15, 0.2) is 54.2 Å². The van der Waals surface area contributed by atoms with Gasteiger partial charge in [-0.15, -0.1) is 0 Å². The van der Waals surface area contributed by atoms with E-state index in [1.807, 2.05) is 0 Å². The summed E-state index contributed by atoms with van der Waals surface area (Å²) in [6, 6.07) is 10.5. The molecule has 0 saturated heterocycles. The summed E-state index contributed by atoms with van der Waals surface area (Å²) >= 11 is 0. The van der Waals surface area contributed by atoms with Crippen LogP contribution in [0.2, 0.25) is 0 Å². The minimum absolute atomic E-state index is 0.0861. The SMILES string of the molecule is O=C(NCCO)/C(=C/c1ccc(OC(F)F)cc1)NC(=O)c1ccc(OCCC(F)(F)F)cc1. The van der Waals surface area contributed by atoms with Gasteiger partial charge >= 0.3 is 12.8 Å². The zero-order valence-electron chi connectivity index (χ0n) is 17.6. The number of halogens is 5. The molecule has 0 radical (unpaired) electrons. The largest absolute Gasteiger partial charge is 0.493 e. The fourth-order valence-corrected chi connectivity index (χ4v) is 2.52. The van der Waals surface area contributed by atoms with Crippen molar-refractivity contribution in [1.29, 1.82) is 0 Å². The first-order valence-electron chi connectivity index (χ1n) is 9.84. The van der Waals surface area contributed by atoms with Crippen molar-refractivity contribution in [3.8, 4) is 11.5 Å². The minimum atomic E-state index is -4.35. The van der Waals surface area contributed by atoms with E-state index >= 15 is 0 Å². The summed E-state index contributed by atoms with van der Waals surface area (Å²) in [5, 5.41) is 13.7. The quantitative estimate of drug-likeness (QED) is 0.332. The molecular weight excluding hydrogens is 467 g/mol. The molecule has 0 aromatic heterocycles. The zero-order valence-corrected chi connectivity index (χ0v) is 17.6. The van der Waals surface area contributed by atoms with Crippen LogP contribution in [0.25, 0.3) is 6.08 Å². The lowest BCUT2D eigenvalue weighted by Gasteiger charge is -2.12. The Bertz CT molecular complexity index is 977. The highest BCUT2D eigenvalue weighted by atomic mass is 19.4. The second-order valence-corrected chi connectivity index (χ2v) is 6.68. The molecule has 0 aliphatic rings. The van der Waals surface area contributed by atoms with Crippen molar-refractivity contribution in [2.24, 2.45) is 0 Å². The van der Waals surface area contributed by atoms with Crippen molar-refractivity contribution in [2.45, 2.75) is 19.2 Å². The maximum atomic E-state index is 12.6. The lowest BCUT2D eigenvalue weighted by molar-refractivity contribution is -0.139. The maximum Gasteiger partial charge on any atom is 0.392 e. The minimum Gasteiger partial charge on any atom is -0.493 e. The predicted octanol–water partition coefficient (Wildman–Crippen LogP) is 3.50.